The number of carboxylic acid groups (broad SMARTS) is 2. The number of aromatic carboxylic acids is 2. The van der Waals surface area contributed by atoms with Gasteiger partial charge in [-0.1, -0.05) is 23.2 Å². The van der Waals surface area contributed by atoms with Crippen LogP contribution in [-0.2, 0) is 9.59 Å². The number of fused-ring (bicyclic) bond motifs is 3. The molecule has 13 heteroatoms. The van der Waals surface area contributed by atoms with Crippen molar-refractivity contribution in [2.24, 2.45) is 0 Å². The van der Waals surface area contributed by atoms with Crippen LogP contribution in [0.25, 0.3) is 0 Å². The van der Waals surface area contributed by atoms with Gasteiger partial charge in [-0.2, -0.15) is 0 Å². The van der Waals surface area contributed by atoms with E-state index in [9.17, 15) is 34.5 Å². The molecule has 3 aliphatic rings. The van der Waals surface area contributed by atoms with E-state index in [-0.39, 0.29) is 52.3 Å². The van der Waals surface area contributed by atoms with Crippen LogP contribution in [-0.4, -0.2) is 69.5 Å². The number of ether oxygens (including phenoxy) is 2. The summed E-state index contributed by atoms with van der Waals surface area (Å²) in [6.45, 7) is -0.741. The number of carbonyl (C=O) groups excluding carboxylic acids is 2. The highest BCUT2D eigenvalue weighted by Gasteiger charge is 2.55. The van der Waals surface area contributed by atoms with E-state index in [1.165, 1.54) is 36.4 Å². The minimum Gasteiger partial charge on any atom is -0.484 e. The number of amides is 2. The molecule has 0 radical (unpaired) electrons. The predicted molar refractivity (Wildman–Crippen MR) is 139 cm³/mol. The van der Waals surface area contributed by atoms with Crippen LogP contribution in [0.4, 0.5) is 0 Å². The lowest BCUT2D eigenvalue weighted by atomic mass is 9.60. The first-order valence-corrected chi connectivity index (χ1v) is 12.8. The summed E-state index contributed by atoms with van der Waals surface area (Å²) in [6, 6.07) is 8.12. The predicted octanol–water partition coefficient (Wildman–Crippen LogP) is 2.90. The molecule has 0 aromatic heterocycles. The van der Waals surface area contributed by atoms with Crippen LogP contribution < -0.4 is 20.1 Å². The highest BCUT2D eigenvalue weighted by molar-refractivity contribution is 6.34. The number of carboxylic acids is 2. The zero-order valence-corrected chi connectivity index (χ0v) is 22.1. The number of benzene rings is 2. The van der Waals surface area contributed by atoms with Gasteiger partial charge < -0.3 is 35.4 Å². The lowest BCUT2D eigenvalue weighted by molar-refractivity contribution is -0.137. The van der Waals surface area contributed by atoms with Gasteiger partial charge in [0.05, 0.1) is 32.8 Å². The zero-order valence-electron chi connectivity index (χ0n) is 20.5. The van der Waals surface area contributed by atoms with Crippen LogP contribution in [0.15, 0.2) is 36.4 Å². The first-order valence-electron chi connectivity index (χ1n) is 12.0. The molecular formula is C26H26Cl2N2O9. The molecule has 3 aliphatic carbocycles. The average molecular weight is 581 g/mol. The number of aliphatic hydroxyl groups excluding tert-OH is 1. The number of nitrogens with one attached hydrogen (secondary N) is 2. The number of aliphatic hydroxyl groups is 1. The summed E-state index contributed by atoms with van der Waals surface area (Å²) in [6.07, 6.45) is 1.17. The molecular weight excluding hydrogens is 555 g/mol. The molecule has 0 saturated heterocycles. The normalized spacial score (nSPS) is 23.5. The Morgan fingerprint density at radius 1 is 0.795 bits per heavy atom. The molecule has 5 rings (SSSR count). The SMILES string of the molecule is O=C(COc1ccc(Cl)c(C(=O)O)c1)NC12CCC(NC(=O)COc3ccc(Cl)c(C(=O)O)c3)(CC1)[C@H](O)C2. The van der Waals surface area contributed by atoms with Crippen molar-refractivity contribution in [3.05, 3.63) is 57.6 Å². The summed E-state index contributed by atoms with van der Waals surface area (Å²) < 4.78 is 10.9. The fourth-order valence-electron chi connectivity index (χ4n) is 5.12. The van der Waals surface area contributed by atoms with Gasteiger partial charge in [-0.25, -0.2) is 9.59 Å². The average Bonchev–Trinajstić information content (AvgIpc) is 2.88. The third-order valence-corrected chi connectivity index (χ3v) is 7.85. The van der Waals surface area contributed by atoms with Crippen molar-refractivity contribution in [2.75, 3.05) is 13.2 Å². The van der Waals surface area contributed by atoms with Crippen LogP contribution in [0.1, 0.15) is 52.8 Å². The Bertz CT molecular complexity index is 1310. The maximum Gasteiger partial charge on any atom is 0.337 e. The van der Waals surface area contributed by atoms with E-state index < -0.39 is 40.9 Å². The molecule has 39 heavy (non-hydrogen) atoms. The zero-order chi connectivity index (χ0) is 28.4. The molecule has 3 fully saturated rings. The lowest BCUT2D eigenvalue weighted by Gasteiger charge is -2.56. The number of rotatable bonds is 10. The molecule has 208 valence electrons. The van der Waals surface area contributed by atoms with Crippen molar-refractivity contribution < 1.29 is 44.0 Å². The van der Waals surface area contributed by atoms with Crippen LogP contribution >= 0.6 is 23.2 Å². The van der Waals surface area contributed by atoms with E-state index in [0.29, 0.717) is 25.7 Å². The second-order valence-corrected chi connectivity index (χ2v) is 10.5. The Balaban J connectivity index is 1.29. The fraction of sp³-hybridized carbons (Fsp3) is 0.385. The van der Waals surface area contributed by atoms with Crippen LogP contribution in [0, 0.1) is 0 Å². The van der Waals surface area contributed by atoms with E-state index in [0.717, 1.165) is 0 Å². The summed E-state index contributed by atoms with van der Waals surface area (Å²) >= 11 is 11.7. The minimum atomic E-state index is -1.22. The second kappa shape index (κ2) is 11.3. The summed E-state index contributed by atoms with van der Waals surface area (Å²) in [7, 11) is 0. The van der Waals surface area contributed by atoms with Crippen LogP contribution in [0.2, 0.25) is 10.0 Å². The van der Waals surface area contributed by atoms with Crippen LogP contribution in [0.3, 0.4) is 0 Å². The second-order valence-electron chi connectivity index (χ2n) is 9.72. The van der Waals surface area contributed by atoms with E-state index in [2.05, 4.69) is 10.6 Å². The molecule has 0 aliphatic heterocycles. The molecule has 2 bridgehead atoms. The Labute approximate surface area is 233 Å². The minimum absolute atomic E-state index is 0.0464. The van der Waals surface area contributed by atoms with Crippen molar-refractivity contribution in [3.8, 4) is 11.5 Å². The molecule has 2 amide bonds. The van der Waals surface area contributed by atoms with E-state index in [1.807, 2.05) is 0 Å². The summed E-state index contributed by atoms with van der Waals surface area (Å²) in [5, 5.41) is 35.2. The third kappa shape index (κ3) is 6.38. The monoisotopic (exact) mass is 580 g/mol. The Morgan fingerprint density at radius 2 is 1.26 bits per heavy atom. The molecule has 1 atom stereocenters. The van der Waals surface area contributed by atoms with Gasteiger partial charge in [-0.05, 0) is 68.5 Å². The molecule has 5 N–H and O–H groups in total. The van der Waals surface area contributed by atoms with Gasteiger partial charge >= 0.3 is 11.9 Å². The van der Waals surface area contributed by atoms with Crippen molar-refractivity contribution in [2.45, 2.75) is 49.3 Å². The first-order chi connectivity index (χ1) is 18.4. The summed E-state index contributed by atoms with van der Waals surface area (Å²) in [4.78, 5) is 47.7. The van der Waals surface area contributed by atoms with Crippen LogP contribution in [0.5, 0.6) is 11.5 Å². The van der Waals surface area contributed by atoms with E-state index in [1.54, 1.807) is 0 Å². The lowest BCUT2D eigenvalue weighted by Crippen LogP contribution is -2.70. The molecule has 2 aromatic carbocycles. The molecule has 2 aromatic rings. The van der Waals surface area contributed by atoms with E-state index >= 15 is 0 Å². The first kappa shape index (κ1) is 28.5. The van der Waals surface area contributed by atoms with Crippen molar-refractivity contribution in [1.29, 1.82) is 0 Å². The fourth-order valence-corrected chi connectivity index (χ4v) is 5.52. The topological polar surface area (TPSA) is 171 Å². The molecule has 0 unspecified atom stereocenters. The maximum atomic E-state index is 12.6. The standard InChI is InChI=1S/C26H26Cl2N2O9/c27-18-3-1-14(9-16(18)23(34)35)38-12-21(32)29-25-5-7-26(8-6-25,20(31)11-25)30-22(33)13-39-15-2-4-19(28)17(10-15)24(36)37/h1-4,9-10,20,31H,5-8,11-13H2,(H,29,32)(H,30,33)(H,34,35)(H,36,37)/t20-,25?,26?/m1/s1. The van der Waals surface area contributed by atoms with E-state index in [4.69, 9.17) is 32.7 Å². The Hall–Kier alpha value is -3.54. The quantitative estimate of drug-likeness (QED) is 0.283. The number of hydrogen-bond donors (Lipinski definition) is 5. The van der Waals surface area contributed by atoms with Crippen molar-refractivity contribution in [1.82, 2.24) is 10.6 Å². The van der Waals surface area contributed by atoms with Gasteiger partial charge in [0.15, 0.2) is 13.2 Å². The van der Waals surface area contributed by atoms with Gasteiger partial charge in [-0.15, -0.1) is 0 Å². The number of carbonyl (C=O) groups is 4. The third-order valence-electron chi connectivity index (χ3n) is 7.19. The van der Waals surface area contributed by atoms with Gasteiger partial charge in [0.25, 0.3) is 11.8 Å². The van der Waals surface area contributed by atoms with Gasteiger partial charge in [0.2, 0.25) is 0 Å². The highest BCUT2D eigenvalue weighted by Crippen LogP contribution is 2.47. The molecule has 0 heterocycles. The molecule has 0 spiro atoms. The van der Waals surface area contributed by atoms with Gasteiger partial charge in [0, 0.05) is 5.54 Å². The van der Waals surface area contributed by atoms with Gasteiger partial charge in [0.1, 0.15) is 11.5 Å². The Morgan fingerprint density at radius 3 is 1.69 bits per heavy atom. The van der Waals surface area contributed by atoms with Crippen molar-refractivity contribution >= 4 is 47.0 Å². The Kier molecular flexibility index (Phi) is 8.24. The maximum absolute atomic E-state index is 12.6. The number of halogens is 2. The summed E-state index contributed by atoms with van der Waals surface area (Å²) in [5.74, 6) is -2.99. The molecule has 3 saturated carbocycles. The summed E-state index contributed by atoms with van der Waals surface area (Å²) in [5.41, 5.74) is -1.82. The van der Waals surface area contributed by atoms with Gasteiger partial charge in [-0.3, -0.25) is 9.59 Å². The molecule has 11 nitrogen and oxygen atoms in total. The smallest absolute Gasteiger partial charge is 0.337 e. The van der Waals surface area contributed by atoms with Crippen molar-refractivity contribution in [3.63, 3.8) is 0 Å². The highest BCUT2D eigenvalue weighted by atomic mass is 35.5. The largest absolute Gasteiger partial charge is 0.484 e. The number of hydrogen-bond acceptors (Lipinski definition) is 7.